The first kappa shape index (κ1) is 18.7. The van der Waals surface area contributed by atoms with Crippen molar-refractivity contribution in [2.75, 3.05) is 13.1 Å². The maximum Gasteiger partial charge on any atom is 0.253 e. The molecule has 7 heteroatoms. The van der Waals surface area contributed by atoms with Crippen LogP contribution in [0.2, 0.25) is 0 Å². The lowest BCUT2D eigenvalue weighted by Gasteiger charge is -2.20. The number of aryl methyl sites for hydroxylation is 1. The largest absolute Gasteiger partial charge is 0.339 e. The van der Waals surface area contributed by atoms with Gasteiger partial charge in [0, 0.05) is 30.2 Å². The molecule has 0 radical (unpaired) electrons. The van der Waals surface area contributed by atoms with Crippen LogP contribution in [0.1, 0.15) is 41.9 Å². The molecule has 4 heterocycles. The fourth-order valence-corrected chi connectivity index (χ4v) is 4.16. The highest BCUT2D eigenvalue weighted by Gasteiger charge is 2.19. The van der Waals surface area contributed by atoms with Gasteiger partial charge in [0.05, 0.1) is 17.4 Å². The molecule has 0 bridgehead atoms. The Morgan fingerprint density at radius 2 is 1.83 bits per heavy atom. The third kappa shape index (κ3) is 3.30. The summed E-state index contributed by atoms with van der Waals surface area (Å²) in [6, 6.07) is 8.57. The lowest BCUT2D eigenvalue weighted by atomic mass is 10.1. The molecule has 0 N–H and O–H groups in total. The molecule has 3 aromatic heterocycles. The summed E-state index contributed by atoms with van der Waals surface area (Å²) < 4.78 is 15.5. The summed E-state index contributed by atoms with van der Waals surface area (Å²) in [6.07, 6.45) is 7.55. The normalized spacial score (nSPS) is 14.9. The number of benzene rings is 1. The summed E-state index contributed by atoms with van der Waals surface area (Å²) in [5.74, 6) is 0.291. The topological polar surface area (TPSA) is 63.4 Å². The van der Waals surface area contributed by atoms with Crippen LogP contribution in [0.25, 0.3) is 27.9 Å². The Labute approximate surface area is 173 Å². The molecule has 1 fully saturated rings. The van der Waals surface area contributed by atoms with Crippen LogP contribution in [0.3, 0.4) is 0 Å². The molecule has 1 saturated heterocycles. The van der Waals surface area contributed by atoms with Gasteiger partial charge in [0.2, 0.25) is 0 Å². The number of hydrogen-bond acceptors (Lipinski definition) is 4. The van der Waals surface area contributed by atoms with Gasteiger partial charge in [0.15, 0.2) is 0 Å². The first-order valence-electron chi connectivity index (χ1n) is 10.3. The third-order valence-corrected chi connectivity index (χ3v) is 5.66. The molecule has 4 aromatic rings. The van der Waals surface area contributed by atoms with E-state index in [0.29, 0.717) is 33.9 Å². The van der Waals surface area contributed by atoms with E-state index in [1.807, 2.05) is 30.0 Å². The lowest BCUT2D eigenvalue weighted by Crippen LogP contribution is -2.31. The maximum absolute atomic E-state index is 13.8. The van der Waals surface area contributed by atoms with E-state index in [1.54, 1.807) is 16.7 Å². The zero-order chi connectivity index (χ0) is 20.7. The summed E-state index contributed by atoms with van der Waals surface area (Å²) in [4.78, 5) is 28.5. The van der Waals surface area contributed by atoms with Crippen LogP contribution in [-0.4, -0.2) is 43.2 Å². The Balaban J connectivity index is 1.61. The molecule has 0 saturated carbocycles. The van der Waals surface area contributed by atoms with E-state index in [0.717, 1.165) is 31.3 Å². The molecule has 1 aliphatic heterocycles. The summed E-state index contributed by atoms with van der Waals surface area (Å²) in [5.41, 5.74) is 3.34. The Morgan fingerprint density at radius 3 is 2.63 bits per heavy atom. The number of carbonyl (C=O) groups excluding carboxylic acids is 1. The number of hydrogen-bond donors (Lipinski definition) is 0. The third-order valence-electron chi connectivity index (χ3n) is 5.66. The number of carbonyl (C=O) groups is 1. The Kier molecular flexibility index (Phi) is 4.65. The van der Waals surface area contributed by atoms with E-state index in [1.165, 1.54) is 25.1 Å². The monoisotopic (exact) mass is 403 g/mol. The van der Waals surface area contributed by atoms with Crippen LogP contribution >= 0.6 is 0 Å². The molecule has 6 nitrogen and oxygen atoms in total. The van der Waals surface area contributed by atoms with Crippen molar-refractivity contribution in [2.45, 2.75) is 32.6 Å². The number of pyridine rings is 1. The first-order chi connectivity index (χ1) is 14.6. The standard InChI is InChI=1S/C23H22FN5O/c1-15-26-19-12-16(23(30)28-10-4-2-3-5-11-28)6-8-18(19)22(27-15)20-13-25-21-9-7-17(24)14-29(20)21/h6-9,12-14H,2-5,10-11H2,1H3. The minimum absolute atomic E-state index is 0.0495. The highest BCUT2D eigenvalue weighted by Crippen LogP contribution is 2.28. The van der Waals surface area contributed by atoms with Crippen molar-refractivity contribution in [3.8, 4) is 11.4 Å². The average Bonchev–Trinajstić information content (AvgIpc) is 2.96. The zero-order valence-electron chi connectivity index (χ0n) is 16.8. The number of amides is 1. The molecular weight excluding hydrogens is 381 g/mol. The van der Waals surface area contributed by atoms with Crippen molar-refractivity contribution >= 4 is 22.5 Å². The number of halogens is 1. The van der Waals surface area contributed by atoms with E-state index < -0.39 is 0 Å². The van der Waals surface area contributed by atoms with Gasteiger partial charge in [-0.05, 0) is 50.1 Å². The van der Waals surface area contributed by atoms with Crippen molar-refractivity contribution < 1.29 is 9.18 Å². The van der Waals surface area contributed by atoms with Gasteiger partial charge in [-0.25, -0.2) is 19.3 Å². The van der Waals surface area contributed by atoms with Gasteiger partial charge >= 0.3 is 0 Å². The molecule has 0 spiro atoms. The van der Waals surface area contributed by atoms with Crippen LogP contribution in [0.5, 0.6) is 0 Å². The number of rotatable bonds is 2. The van der Waals surface area contributed by atoms with Crippen molar-refractivity contribution in [2.24, 2.45) is 0 Å². The Morgan fingerprint density at radius 1 is 1.03 bits per heavy atom. The van der Waals surface area contributed by atoms with Crippen LogP contribution < -0.4 is 0 Å². The number of fused-ring (bicyclic) bond motifs is 2. The van der Waals surface area contributed by atoms with Gasteiger partial charge in [0.1, 0.15) is 23.0 Å². The van der Waals surface area contributed by atoms with E-state index in [-0.39, 0.29) is 11.7 Å². The van der Waals surface area contributed by atoms with E-state index >= 15 is 0 Å². The number of nitrogens with zero attached hydrogens (tertiary/aromatic N) is 5. The highest BCUT2D eigenvalue weighted by atomic mass is 19.1. The summed E-state index contributed by atoms with van der Waals surface area (Å²) in [6.45, 7) is 3.42. The molecule has 1 aromatic carbocycles. The lowest BCUT2D eigenvalue weighted by molar-refractivity contribution is 0.0762. The van der Waals surface area contributed by atoms with Crippen molar-refractivity contribution in [1.82, 2.24) is 24.3 Å². The predicted octanol–water partition coefficient (Wildman–Crippen LogP) is 4.41. The van der Waals surface area contributed by atoms with E-state index in [4.69, 9.17) is 0 Å². The number of likely N-dealkylation sites (tertiary alicyclic amines) is 1. The fraction of sp³-hybridized carbons (Fsp3) is 0.304. The molecule has 30 heavy (non-hydrogen) atoms. The summed E-state index contributed by atoms with van der Waals surface area (Å²) in [7, 11) is 0. The summed E-state index contributed by atoms with van der Waals surface area (Å²) >= 11 is 0. The Hall–Kier alpha value is -3.35. The smallest absolute Gasteiger partial charge is 0.253 e. The fourth-order valence-electron chi connectivity index (χ4n) is 4.16. The second-order valence-corrected chi connectivity index (χ2v) is 7.78. The minimum Gasteiger partial charge on any atom is -0.339 e. The first-order valence-corrected chi connectivity index (χ1v) is 10.3. The van der Waals surface area contributed by atoms with Gasteiger partial charge in [0.25, 0.3) is 5.91 Å². The van der Waals surface area contributed by atoms with Crippen LogP contribution in [0.4, 0.5) is 4.39 Å². The molecule has 5 rings (SSSR count). The molecule has 1 aliphatic rings. The SMILES string of the molecule is Cc1nc(-c2cnc3ccc(F)cn23)c2ccc(C(=O)N3CCCCCC3)cc2n1. The van der Waals surface area contributed by atoms with Gasteiger partial charge in [-0.3, -0.25) is 9.20 Å². The second-order valence-electron chi connectivity index (χ2n) is 7.78. The van der Waals surface area contributed by atoms with Gasteiger partial charge in [-0.2, -0.15) is 0 Å². The zero-order valence-corrected chi connectivity index (χ0v) is 16.8. The number of aromatic nitrogens is 4. The minimum atomic E-state index is -0.345. The van der Waals surface area contributed by atoms with Gasteiger partial charge < -0.3 is 4.90 Å². The molecule has 0 atom stereocenters. The average molecular weight is 403 g/mol. The summed E-state index contributed by atoms with van der Waals surface area (Å²) in [5, 5.41) is 0.805. The maximum atomic E-state index is 13.8. The quantitative estimate of drug-likeness (QED) is 0.497. The van der Waals surface area contributed by atoms with Crippen molar-refractivity contribution in [1.29, 1.82) is 0 Å². The molecule has 152 valence electrons. The van der Waals surface area contributed by atoms with Crippen LogP contribution in [0, 0.1) is 12.7 Å². The molecule has 0 unspecified atom stereocenters. The van der Waals surface area contributed by atoms with Crippen molar-refractivity contribution in [3.63, 3.8) is 0 Å². The highest BCUT2D eigenvalue weighted by molar-refractivity contribution is 6.00. The molecule has 1 amide bonds. The van der Waals surface area contributed by atoms with Crippen molar-refractivity contribution in [3.05, 3.63) is 59.9 Å². The van der Waals surface area contributed by atoms with E-state index in [9.17, 15) is 9.18 Å². The second kappa shape index (κ2) is 7.48. The van der Waals surface area contributed by atoms with Crippen LogP contribution in [-0.2, 0) is 0 Å². The molecule has 0 aliphatic carbocycles. The molecular formula is C23H22FN5O. The van der Waals surface area contributed by atoms with Gasteiger partial charge in [-0.15, -0.1) is 0 Å². The van der Waals surface area contributed by atoms with Gasteiger partial charge in [-0.1, -0.05) is 12.8 Å². The predicted molar refractivity (Wildman–Crippen MR) is 113 cm³/mol. The number of imidazole rings is 1. The van der Waals surface area contributed by atoms with E-state index in [2.05, 4.69) is 15.0 Å². The Bertz CT molecular complexity index is 1260. The van der Waals surface area contributed by atoms with Crippen LogP contribution in [0.15, 0.2) is 42.7 Å².